The molecule has 6 nitrogen and oxygen atoms in total. The van der Waals surface area contributed by atoms with Crippen LogP contribution in [0.2, 0.25) is 5.02 Å². The average Bonchev–Trinajstić information content (AvgIpc) is 2.70. The Morgan fingerprint density at radius 2 is 1.64 bits per heavy atom. The van der Waals surface area contributed by atoms with E-state index >= 15 is 0 Å². The number of hydrazone groups is 1. The number of rotatable bonds is 5. The number of carbonyl (C=O) groups is 2. The maximum absolute atomic E-state index is 12.1. The molecule has 0 aliphatic heterocycles. The molecule has 28 heavy (non-hydrogen) atoms. The zero-order chi connectivity index (χ0) is 19.9. The van der Waals surface area contributed by atoms with Gasteiger partial charge >= 0.3 is 5.97 Å². The van der Waals surface area contributed by atoms with E-state index in [2.05, 4.69) is 10.5 Å². The van der Waals surface area contributed by atoms with E-state index in [1.165, 1.54) is 6.21 Å². The molecule has 7 heteroatoms. The van der Waals surface area contributed by atoms with Crippen molar-refractivity contribution in [2.45, 2.75) is 0 Å². The fourth-order valence-electron chi connectivity index (χ4n) is 2.28. The Kier molecular flexibility index (Phi) is 6.04. The van der Waals surface area contributed by atoms with Crippen LogP contribution in [0, 0.1) is 0 Å². The van der Waals surface area contributed by atoms with Gasteiger partial charge in [-0.05, 0) is 66.2 Å². The van der Waals surface area contributed by atoms with E-state index in [4.69, 9.17) is 22.1 Å². The second-order valence-electron chi connectivity index (χ2n) is 5.76. The molecule has 0 unspecified atom stereocenters. The molecule has 1 amide bonds. The van der Waals surface area contributed by atoms with Crippen LogP contribution in [0.3, 0.4) is 0 Å². The highest BCUT2D eigenvalue weighted by Crippen LogP contribution is 2.18. The molecule has 3 aromatic rings. The van der Waals surface area contributed by atoms with Crippen LogP contribution in [0.25, 0.3) is 0 Å². The first-order valence-corrected chi connectivity index (χ1v) is 8.66. The molecule has 0 radical (unpaired) electrons. The zero-order valence-electron chi connectivity index (χ0n) is 14.6. The Bertz CT molecular complexity index is 1020. The van der Waals surface area contributed by atoms with Gasteiger partial charge in [-0.25, -0.2) is 10.2 Å². The van der Waals surface area contributed by atoms with Gasteiger partial charge in [0.15, 0.2) is 0 Å². The molecule has 140 valence electrons. The van der Waals surface area contributed by atoms with Crippen LogP contribution in [-0.2, 0) is 0 Å². The third kappa shape index (κ3) is 4.96. The van der Waals surface area contributed by atoms with Crippen LogP contribution < -0.4 is 15.9 Å². The fourth-order valence-corrected chi connectivity index (χ4v) is 2.49. The summed E-state index contributed by atoms with van der Waals surface area (Å²) in [6.07, 6.45) is 1.48. The predicted octanol–water partition coefficient (Wildman–Crippen LogP) is 3.91. The summed E-state index contributed by atoms with van der Waals surface area (Å²) in [5.41, 5.74) is 10.1. The number of ether oxygens (including phenoxy) is 1. The van der Waals surface area contributed by atoms with E-state index in [-0.39, 0.29) is 5.91 Å². The monoisotopic (exact) mass is 393 g/mol. The van der Waals surface area contributed by atoms with Gasteiger partial charge in [-0.3, -0.25) is 4.79 Å². The van der Waals surface area contributed by atoms with Crippen LogP contribution in [0.15, 0.2) is 77.9 Å². The number of hydrogen-bond acceptors (Lipinski definition) is 5. The molecular formula is C21H16ClN3O3. The van der Waals surface area contributed by atoms with Crippen LogP contribution in [0.5, 0.6) is 5.75 Å². The number of esters is 1. The van der Waals surface area contributed by atoms with E-state index in [1.54, 1.807) is 72.8 Å². The molecule has 3 aromatic carbocycles. The average molecular weight is 394 g/mol. The quantitative estimate of drug-likeness (QED) is 0.226. The van der Waals surface area contributed by atoms with Gasteiger partial charge in [-0.15, -0.1) is 0 Å². The first-order chi connectivity index (χ1) is 13.5. The number of amides is 1. The van der Waals surface area contributed by atoms with Gasteiger partial charge in [0.05, 0.1) is 16.8 Å². The lowest BCUT2D eigenvalue weighted by Gasteiger charge is -2.06. The van der Waals surface area contributed by atoms with Gasteiger partial charge in [0.2, 0.25) is 0 Å². The molecular weight excluding hydrogens is 378 g/mol. The largest absolute Gasteiger partial charge is 0.423 e. The van der Waals surface area contributed by atoms with Gasteiger partial charge in [-0.2, -0.15) is 5.10 Å². The maximum atomic E-state index is 12.1. The molecule has 0 atom stereocenters. The van der Waals surface area contributed by atoms with Crippen molar-refractivity contribution in [3.63, 3.8) is 0 Å². The van der Waals surface area contributed by atoms with Crippen molar-refractivity contribution in [1.82, 2.24) is 5.43 Å². The number of anilines is 1. The van der Waals surface area contributed by atoms with Crippen molar-refractivity contribution in [3.8, 4) is 5.75 Å². The topological polar surface area (TPSA) is 93.8 Å². The second-order valence-corrected chi connectivity index (χ2v) is 6.17. The minimum absolute atomic E-state index is 0.292. The smallest absolute Gasteiger partial charge is 0.345 e. The summed E-state index contributed by atoms with van der Waals surface area (Å²) in [6, 6.07) is 19.8. The standard InChI is InChI=1S/C21H16ClN3O3/c22-19-4-2-1-3-18(19)21(27)28-17-11-5-14(6-12-17)13-24-25-20(26)15-7-9-16(23)10-8-15/h1-13H,23H2,(H,25,26). The highest BCUT2D eigenvalue weighted by atomic mass is 35.5. The van der Waals surface area contributed by atoms with Crippen molar-refractivity contribution in [3.05, 3.63) is 94.5 Å². The van der Waals surface area contributed by atoms with Crippen molar-refractivity contribution in [2.24, 2.45) is 5.10 Å². The zero-order valence-corrected chi connectivity index (χ0v) is 15.4. The van der Waals surface area contributed by atoms with Gasteiger partial charge in [0.1, 0.15) is 5.75 Å². The lowest BCUT2D eigenvalue weighted by molar-refractivity contribution is 0.0734. The van der Waals surface area contributed by atoms with Crippen molar-refractivity contribution in [2.75, 3.05) is 5.73 Å². The highest BCUT2D eigenvalue weighted by molar-refractivity contribution is 6.33. The number of benzene rings is 3. The number of nitrogen functional groups attached to an aromatic ring is 1. The first kappa shape index (κ1) is 19.1. The minimum atomic E-state index is -0.539. The molecule has 0 aliphatic carbocycles. The summed E-state index contributed by atoms with van der Waals surface area (Å²) in [7, 11) is 0. The normalized spacial score (nSPS) is 10.6. The van der Waals surface area contributed by atoms with Crippen molar-refractivity contribution in [1.29, 1.82) is 0 Å². The summed E-state index contributed by atoms with van der Waals surface area (Å²) < 4.78 is 5.30. The summed E-state index contributed by atoms with van der Waals surface area (Å²) in [5, 5.41) is 4.24. The highest BCUT2D eigenvalue weighted by Gasteiger charge is 2.11. The lowest BCUT2D eigenvalue weighted by Crippen LogP contribution is -2.17. The summed E-state index contributed by atoms with van der Waals surface area (Å²) in [5.74, 6) is -0.516. The Labute approximate surface area is 166 Å². The third-order valence-electron chi connectivity index (χ3n) is 3.74. The Balaban J connectivity index is 1.57. The maximum Gasteiger partial charge on any atom is 0.345 e. The number of carbonyl (C=O) groups excluding carboxylic acids is 2. The van der Waals surface area contributed by atoms with E-state index in [0.717, 1.165) is 5.56 Å². The molecule has 3 N–H and O–H groups in total. The molecule has 0 saturated heterocycles. The Morgan fingerprint density at radius 1 is 0.964 bits per heavy atom. The number of halogens is 1. The van der Waals surface area contributed by atoms with E-state index < -0.39 is 5.97 Å². The molecule has 0 spiro atoms. The summed E-state index contributed by atoms with van der Waals surface area (Å²) in [6.45, 7) is 0. The lowest BCUT2D eigenvalue weighted by atomic mass is 10.2. The number of nitrogens with one attached hydrogen (secondary N) is 1. The molecule has 0 heterocycles. The molecule has 0 bridgehead atoms. The summed E-state index contributed by atoms with van der Waals surface area (Å²) >= 11 is 5.99. The van der Waals surface area contributed by atoms with Gasteiger partial charge in [0, 0.05) is 11.3 Å². The van der Waals surface area contributed by atoms with E-state index in [1.807, 2.05) is 0 Å². The van der Waals surface area contributed by atoms with Gasteiger partial charge in [0.25, 0.3) is 5.91 Å². The van der Waals surface area contributed by atoms with Crippen LogP contribution in [0.1, 0.15) is 26.3 Å². The predicted molar refractivity (Wildman–Crippen MR) is 109 cm³/mol. The number of hydrogen-bond donors (Lipinski definition) is 2. The van der Waals surface area contributed by atoms with E-state index in [9.17, 15) is 9.59 Å². The molecule has 0 aliphatic rings. The number of nitrogens with zero attached hydrogens (tertiary/aromatic N) is 1. The van der Waals surface area contributed by atoms with Crippen LogP contribution in [-0.4, -0.2) is 18.1 Å². The fraction of sp³-hybridized carbons (Fsp3) is 0. The van der Waals surface area contributed by atoms with Crippen LogP contribution in [0.4, 0.5) is 5.69 Å². The Hall–Kier alpha value is -3.64. The third-order valence-corrected chi connectivity index (χ3v) is 4.07. The molecule has 3 rings (SSSR count). The Morgan fingerprint density at radius 3 is 2.32 bits per heavy atom. The molecule has 0 fully saturated rings. The molecule has 0 aromatic heterocycles. The van der Waals surface area contributed by atoms with E-state index in [0.29, 0.717) is 27.6 Å². The van der Waals surface area contributed by atoms with Crippen LogP contribution >= 0.6 is 11.6 Å². The second kappa shape index (κ2) is 8.83. The van der Waals surface area contributed by atoms with Gasteiger partial charge < -0.3 is 10.5 Å². The van der Waals surface area contributed by atoms with Crippen molar-refractivity contribution < 1.29 is 14.3 Å². The SMILES string of the molecule is Nc1ccc(C(=O)NN=Cc2ccc(OC(=O)c3ccccc3Cl)cc2)cc1. The van der Waals surface area contributed by atoms with Gasteiger partial charge in [-0.1, -0.05) is 23.7 Å². The molecule has 0 saturated carbocycles. The van der Waals surface area contributed by atoms with Crippen molar-refractivity contribution >= 4 is 35.4 Å². The minimum Gasteiger partial charge on any atom is -0.423 e. The summed E-state index contributed by atoms with van der Waals surface area (Å²) in [4.78, 5) is 24.1. The number of nitrogens with two attached hydrogens (primary N) is 1. The first-order valence-electron chi connectivity index (χ1n) is 8.28.